The number of halogens is 1. The minimum Gasteiger partial charge on any atom is -0.609 e. The average Bonchev–Trinajstić information content (AvgIpc) is 4.19. The third kappa shape index (κ3) is 20.9. The van der Waals surface area contributed by atoms with Crippen LogP contribution in [0.15, 0.2) is 77.8 Å². The van der Waals surface area contributed by atoms with Crippen molar-refractivity contribution < 1.29 is 70.4 Å². The fraction of sp³-hybridized carbons (Fsp3) is 0.522. The number of ether oxygens (including phenoxy) is 2. The Morgan fingerprint density at radius 2 is 1.70 bits per heavy atom. The number of likely N-dealkylation sites (tertiary alicyclic amines) is 1. The van der Waals surface area contributed by atoms with Crippen molar-refractivity contribution in [3.8, 4) is 11.6 Å². The van der Waals surface area contributed by atoms with E-state index in [9.17, 15) is 9.59 Å². The number of allylic oxidation sites excluding steroid dienone is 1. The first-order chi connectivity index (χ1) is 28.4. The fourth-order valence-corrected chi connectivity index (χ4v) is 7.25. The number of rotatable bonds is 11. The summed E-state index contributed by atoms with van der Waals surface area (Å²) in [5, 5.41) is 9.95. The molecule has 2 heterocycles. The summed E-state index contributed by atoms with van der Waals surface area (Å²) in [5.74, 6) is 1.16. The molecule has 2 amide bonds. The van der Waals surface area contributed by atoms with Gasteiger partial charge < -0.3 is 29.7 Å². The number of amidine groups is 1. The molecule has 1 saturated heterocycles. The summed E-state index contributed by atoms with van der Waals surface area (Å²) in [6, 6.07) is 15.8. The van der Waals surface area contributed by atoms with Gasteiger partial charge in [-0.15, -0.1) is 13.2 Å². The third-order valence-electron chi connectivity index (χ3n) is 8.77. The van der Waals surface area contributed by atoms with E-state index < -0.39 is 6.04 Å². The number of carbonyl (C=O) groups excluding carboxylic acids is 2. The number of nitrogens with one attached hydrogen (secondary N) is 2. The van der Waals surface area contributed by atoms with E-state index in [0.29, 0.717) is 40.8 Å². The van der Waals surface area contributed by atoms with Gasteiger partial charge in [-0.05, 0) is 84.9 Å². The van der Waals surface area contributed by atoms with Crippen molar-refractivity contribution in [3.63, 3.8) is 0 Å². The molecule has 60 heavy (non-hydrogen) atoms. The van der Waals surface area contributed by atoms with Crippen molar-refractivity contribution in [2.45, 2.75) is 124 Å². The normalized spacial score (nSPS) is 17.3. The van der Waals surface area contributed by atoms with E-state index in [4.69, 9.17) is 21.1 Å². The molecule has 6 rings (SSSR count). The number of pyridine rings is 1. The third-order valence-corrected chi connectivity index (χ3v) is 10.9. The predicted octanol–water partition coefficient (Wildman–Crippen LogP) is 8.60. The van der Waals surface area contributed by atoms with Gasteiger partial charge in [0.15, 0.2) is 5.17 Å². The molecule has 1 unspecified atom stereocenters. The van der Waals surface area contributed by atoms with E-state index in [-0.39, 0.29) is 74.9 Å². The van der Waals surface area contributed by atoms with Crippen molar-refractivity contribution in [1.29, 1.82) is 0 Å². The van der Waals surface area contributed by atoms with Gasteiger partial charge in [-0.25, -0.2) is 4.98 Å². The van der Waals surface area contributed by atoms with E-state index in [1.165, 1.54) is 37.4 Å². The summed E-state index contributed by atoms with van der Waals surface area (Å²) in [6.45, 7) is 24.8. The Balaban J connectivity index is 0.00000153. The van der Waals surface area contributed by atoms with Crippen LogP contribution in [0.2, 0.25) is 5.02 Å². The largest absolute Gasteiger partial charge is 1.00 e. The number of nitrogens with zero attached hydrogens (tertiary/aromatic N) is 4. The summed E-state index contributed by atoms with van der Waals surface area (Å²) in [5.41, 5.74) is 0.767. The first-order valence-electron chi connectivity index (χ1n) is 20.5. The Morgan fingerprint density at radius 1 is 1.07 bits per heavy atom. The topological polar surface area (TPSA) is 119 Å². The molecular weight excluding hydrogens is 839 g/mol. The van der Waals surface area contributed by atoms with Crippen LogP contribution in [0.3, 0.4) is 0 Å². The maximum atomic E-state index is 14.0. The molecule has 3 aromatic rings. The zero-order valence-corrected chi connectivity index (χ0v) is 44.0. The predicted molar refractivity (Wildman–Crippen MR) is 257 cm³/mol. The van der Waals surface area contributed by atoms with Crippen LogP contribution in [-0.4, -0.2) is 84.6 Å². The number of benzene rings is 2. The van der Waals surface area contributed by atoms with Crippen LogP contribution in [0.25, 0.3) is 21.6 Å². The Morgan fingerprint density at radius 3 is 2.18 bits per heavy atom. The Hall–Kier alpha value is -2.07. The molecule has 2 aliphatic carbocycles. The maximum Gasteiger partial charge on any atom is 1.00 e. The van der Waals surface area contributed by atoms with Crippen LogP contribution in [0.1, 0.15) is 100.0 Å². The van der Waals surface area contributed by atoms with Gasteiger partial charge in [0, 0.05) is 41.3 Å². The van der Waals surface area contributed by atoms with E-state index in [1.807, 2.05) is 83.0 Å². The van der Waals surface area contributed by atoms with E-state index >= 15 is 0 Å². The van der Waals surface area contributed by atoms with Gasteiger partial charge in [0.1, 0.15) is 17.9 Å². The molecule has 1 aliphatic heterocycles. The summed E-state index contributed by atoms with van der Waals surface area (Å²) in [6.07, 6.45) is 10.2. The second kappa shape index (κ2) is 31.7. The summed E-state index contributed by atoms with van der Waals surface area (Å²) in [4.78, 5) is 35.6. The zero-order chi connectivity index (χ0) is 44.5. The Bertz CT molecular complexity index is 1740. The molecular formula is C46H70ClKN6O4S2. The first kappa shape index (κ1) is 57.9. The number of hydrogen-bond donors (Lipinski definition) is 2. The second-order valence-electron chi connectivity index (χ2n) is 14.4. The molecule has 3 fully saturated rings. The van der Waals surface area contributed by atoms with Gasteiger partial charge in [0.25, 0.3) is 0 Å². The zero-order valence-electron chi connectivity index (χ0n) is 38.5. The molecule has 14 heteroatoms. The number of hydrogen-bond acceptors (Lipinski definition) is 8. The molecule has 1 aromatic heterocycles. The summed E-state index contributed by atoms with van der Waals surface area (Å²) >= 11 is 9.54. The number of fused-ring (bicyclic) bond motifs is 1. The Kier molecular flexibility index (Phi) is 30.6. The minimum absolute atomic E-state index is 0. The van der Waals surface area contributed by atoms with Gasteiger partial charge in [0.2, 0.25) is 18.2 Å². The molecule has 3 atom stereocenters. The number of carbonyl (C=O) groups is 2. The quantitative estimate of drug-likeness (QED) is 0.0491. The van der Waals surface area contributed by atoms with Gasteiger partial charge in [-0.1, -0.05) is 102 Å². The molecule has 10 nitrogen and oxygen atoms in total. The van der Waals surface area contributed by atoms with Crippen molar-refractivity contribution >= 4 is 69.6 Å². The standard InChI is InChI=1S/C32H39ClN4O3S.C4H7NO.C4H8NS.2C2H6.C2H4.K/c1-20-15-24(40-29-26-17-23(33)13-14-25(26)27(39-7)18-35-29)19-37(20)30(38)28(32(3,4)5)36-31(34-6)41-21(2)16-22-11-9-8-10-12-22;6-3-5-4-1-2-4;1-5-6-4-2-3-4;3*1-2;/h8-14,16-18,20,24,28H,15,19H2,1-7H3,(H,34,36);3-4H,1-2H2,(H,5,6);4H,2-3H2,1H3;2*1-2H3;1-2H2;/q;;-1;;;;+1/b21-16+;;;;;;/t20?,24-,28-;;;;;;/m1....../s1. The molecule has 3 aliphatic rings. The molecule has 0 radical (unpaired) electrons. The smallest absolute Gasteiger partial charge is 0.609 e. The second-order valence-corrected chi connectivity index (χ2v) is 17.3. The van der Waals surface area contributed by atoms with Crippen LogP contribution in [-0.2, 0) is 9.59 Å². The molecule has 0 bridgehead atoms. The molecule has 2 aromatic carbocycles. The number of amides is 2. The molecule has 2 N–H and O–H groups in total. The van der Waals surface area contributed by atoms with E-state index in [0.717, 1.165) is 32.9 Å². The van der Waals surface area contributed by atoms with Crippen LogP contribution in [0, 0.1) is 5.41 Å². The average molecular weight is 910 g/mol. The molecule has 328 valence electrons. The van der Waals surface area contributed by atoms with Crippen molar-refractivity contribution in [1.82, 2.24) is 20.5 Å². The fourth-order valence-electron chi connectivity index (χ4n) is 5.67. The monoisotopic (exact) mass is 908 g/mol. The number of thioether (sulfide) groups is 1. The van der Waals surface area contributed by atoms with Gasteiger partial charge >= 0.3 is 51.4 Å². The van der Waals surface area contributed by atoms with E-state index in [2.05, 4.69) is 84.4 Å². The summed E-state index contributed by atoms with van der Waals surface area (Å²) < 4.78 is 15.8. The van der Waals surface area contributed by atoms with Crippen molar-refractivity contribution in [2.75, 3.05) is 27.7 Å². The van der Waals surface area contributed by atoms with Crippen LogP contribution >= 0.6 is 35.3 Å². The Labute approximate surface area is 418 Å². The maximum absolute atomic E-state index is 14.0. The summed E-state index contributed by atoms with van der Waals surface area (Å²) in [7, 11) is 5.21. The molecule has 2 saturated carbocycles. The van der Waals surface area contributed by atoms with Crippen molar-refractivity contribution in [2.24, 2.45) is 10.4 Å². The van der Waals surface area contributed by atoms with Gasteiger partial charge in [-0.2, -0.15) is 7.05 Å². The minimum atomic E-state index is -0.474. The number of aliphatic imine (C=N–C) groups is 1. The number of aromatic nitrogens is 1. The SMILES string of the molecule is C=C.CC.CC.CN=C(N[C@H](C(=O)N1C[C@H](Oc2ncc(OC)c3ccc(Cl)cc23)CC1C)C(C)(C)C)S/C(C)=C/c1ccccc1.C[N-]SC1CC1.O=CNC1CC1.[K+]. The van der Waals surface area contributed by atoms with Crippen LogP contribution in [0.5, 0.6) is 11.6 Å². The van der Waals surface area contributed by atoms with Crippen LogP contribution in [0.4, 0.5) is 0 Å². The van der Waals surface area contributed by atoms with E-state index in [1.54, 1.807) is 32.3 Å². The number of methoxy groups -OCH3 is 1. The van der Waals surface area contributed by atoms with Gasteiger partial charge in [-0.3, -0.25) is 26.5 Å². The first-order valence-corrected chi connectivity index (χ1v) is 22.6. The van der Waals surface area contributed by atoms with Crippen LogP contribution < -0.4 is 71.5 Å². The van der Waals surface area contributed by atoms with Crippen molar-refractivity contribution in [3.05, 3.63) is 88.1 Å². The molecule has 0 spiro atoms. The van der Waals surface area contributed by atoms with Gasteiger partial charge in [0.05, 0.1) is 19.9 Å².